The van der Waals surface area contributed by atoms with Gasteiger partial charge in [0.25, 0.3) is 0 Å². The Kier molecular flexibility index (Phi) is 3.34. The normalized spacial score (nSPS) is 31.5. The third-order valence-corrected chi connectivity index (χ3v) is 4.34. The molecule has 2 saturated heterocycles. The maximum atomic E-state index is 12.3. The number of rotatable bonds is 2. The lowest BCUT2D eigenvalue weighted by atomic mass is 9.98. The number of carbonyl (C=O) groups is 1. The van der Waals surface area contributed by atoms with Gasteiger partial charge in [0.15, 0.2) is 0 Å². The van der Waals surface area contributed by atoms with Crippen LogP contribution in [0.2, 0.25) is 0 Å². The van der Waals surface area contributed by atoms with Crippen LogP contribution in [-0.2, 0) is 4.79 Å². The Bertz CT molecular complexity index is 276. The van der Waals surface area contributed by atoms with Crippen LogP contribution in [0.3, 0.4) is 0 Å². The summed E-state index contributed by atoms with van der Waals surface area (Å²) in [5.41, 5.74) is 0. The third-order valence-electron chi connectivity index (χ3n) is 4.34. The average molecular weight is 237 g/mol. The van der Waals surface area contributed by atoms with Crippen molar-refractivity contribution in [3.8, 4) is 0 Å². The van der Waals surface area contributed by atoms with Gasteiger partial charge < -0.3 is 10.2 Å². The molecule has 4 heteroatoms. The minimum atomic E-state index is 0.247. The van der Waals surface area contributed by atoms with Gasteiger partial charge in [-0.2, -0.15) is 0 Å². The van der Waals surface area contributed by atoms with E-state index in [2.05, 4.69) is 15.1 Å². The summed E-state index contributed by atoms with van der Waals surface area (Å²) < 4.78 is 0. The van der Waals surface area contributed by atoms with Gasteiger partial charge in [0.05, 0.1) is 5.92 Å². The number of nitrogens with zero attached hydrogens (tertiary/aromatic N) is 2. The molecule has 3 fully saturated rings. The Balaban J connectivity index is 1.49. The van der Waals surface area contributed by atoms with E-state index in [1.165, 1.54) is 12.8 Å². The van der Waals surface area contributed by atoms with Crippen LogP contribution in [0, 0.1) is 5.92 Å². The van der Waals surface area contributed by atoms with Crippen LogP contribution in [-0.4, -0.2) is 61.0 Å². The quantitative estimate of drug-likeness (QED) is 0.750. The zero-order valence-electron chi connectivity index (χ0n) is 10.5. The van der Waals surface area contributed by atoms with Crippen LogP contribution in [0.25, 0.3) is 0 Å². The van der Waals surface area contributed by atoms with Crippen molar-refractivity contribution in [1.29, 1.82) is 0 Å². The lowest BCUT2D eigenvalue weighted by molar-refractivity contribution is -0.137. The molecule has 4 nitrogen and oxygen atoms in total. The molecular formula is C13H23N3O. The van der Waals surface area contributed by atoms with E-state index in [0.717, 1.165) is 58.2 Å². The van der Waals surface area contributed by atoms with Crippen LogP contribution in [0.4, 0.5) is 0 Å². The van der Waals surface area contributed by atoms with Crippen molar-refractivity contribution in [3.05, 3.63) is 0 Å². The van der Waals surface area contributed by atoms with Gasteiger partial charge >= 0.3 is 0 Å². The average Bonchev–Trinajstić information content (AvgIpc) is 3.24. The van der Waals surface area contributed by atoms with E-state index in [4.69, 9.17) is 0 Å². The highest BCUT2D eigenvalue weighted by atomic mass is 16.2. The van der Waals surface area contributed by atoms with Crippen molar-refractivity contribution in [3.63, 3.8) is 0 Å². The molecule has 17 heavy (non-hydrogen) atoms. The van der Waals surface area contributed by atoms with E-state index in [1.807, 2.05) is 0 Å². The minimum absolute atomic E-state index is 0.247. The summed E-state index contributed by atoms with van der Waals surface area (Å²) in [6, 6.07) is 0.851. The number of piperazine rings is 1. The number of amides is 1. The summed E-state index contributed by atoms with van der Waals surface area (Å²) in [7, 11) is 0. The van der Waals surface area contributed by atoms with Crippen LogP contribution >= 0.6 is 0 Å². The predicted octanol–water partition coefficient (Wildman–Crippen LogP) is 0.293. The maximum absolute atomic E-state index is 12.3. The fourth-order valence-electron chi connectivity index (χ4n) is 3.07. The van der Waals surface area contributed by atoms with Crippen molar-refractivity contribution in [2.24, 2.45) is 5.92 Å². The molecule has 2 heterocycles. The number of hydrogen-bond donors (Lipinski definition) is 1. The molecule has 1 saturated carbocycles. The Morgan fingerprint density at radius 2 is 1.82 bits per heavy atom. The molecule has 0 aromatic heterocycles. The van der Waals surface area contributed by atoms with Gasteiger partial charge in [0, 0.05) is 38.8 Å². The van der Waals surface area contributed by atoms with E-state index in [9.17, 15) is 4.79 Å². The van der Waals surface area contributed by atoms with Crippen LogP contribution in [0.5, 0.6) is 0 Å². The van der Waals surface area contributed by atoms with Gasteiger partial charge in [-0.3, -0.25) is 9.69 Å². The summed E-state index contributed by atoms with van der Waals surface area (Å²) in [5, 5.41) is 3.33. The SMILES string of the molecule is O=C([C@H]1CCCNC1)N1CCN(C2CC2)CC1. The van der Waals surface area contributed by atoms with E-state index in [-0.39, 0.29) is 5.92 Å². The van der Waals surface area contributed by atoms with Crippen LogP contribution in [0.15, 0.2) is 0 Å². The zero-order valence-corrected chi connectivity index (χ0v) is 10.5. The largest absolute Gasteiger partial charge is 0.340 e. The second-order valence-electron chi connectivity index (χ2n) is 5.64. The summed E-state index contributed by atoms with van der Waals surface area (Å²) in [6.07, 6.45) is 4.98. The highest BCUT2D eigenvalue weighted by Crippen LogP contribution is 2.27. The van der Waals surface area contributed by atoms with Gasteiger partial charge in [-0.05, 0) is 32.2 Å². The van der Waals surface area contributed by atoms with E-state index < -0.39 is 0 Å². The van der Waals surface area contributed by atoms with Crippen LogP contribution < -0.4 is 5.32 Å². The van der Waals surface area contributed by atoms with Crippen LogP contribution in [0.1, 0.15) is 25.7 Å². The molecule has 0 bridgehead atoms. The summed E-state index contributed by atoms with van der Waals surface area (Å²) in [5.74, 6) is 0.642. The topological polar surface area (TPSA) is 35.6 Å². The Morgan fingerprint density at radius 1 is 1.06 bits per heavy atom. The fourth-order valence-corrected chi connectivity index (χ4v) is 3.07. The zero-order chi connectivity index (χ0) is 11.7. The molecule has 1 amide bonds. The van der Waals surface area contributed by atoms with Crippen molar-refractivity contribution in [2.45, 2.75) is 31.7 Å². The highest BCUT2D eigenvalue weighted by molar-refractivity contribution is 5.79. The van der Waals surface area contributed by atoms with Crippen molar-refractivity contribution in [2.75, 3.05) is 39.3 Å². The molecule has 0 radical (unpaired) electrons. The maximum Gasteiger partial charge on any atom is 0.227 e. The van der Waals surface area contributed by atoms with Gasteiger partial charge in [-0.15, -0.1) is 0 Å². The molecule has 3 aliphatic rings. The first-order valence-electron chi connectivity index (χ1n) is 7.08. The second kappa shape index (κ2) is 4.94. The van der Waals surface area contributed by atoms with Crippen molar-refractivity contribution < 1.29 is 4.79 Å². The number of piperidine rings is 1. The summed E-state index contributed by atoms with van der Waals surface area (Å²) in [6.45, 7) is 6.06. The number of nitrogens with one attached hydrogen (secondary N) is 1. The van der Waals surface area contributed by atoms with Gasteiger partial charge in [0.2, 0.25) is 5.91 Å². The van der Waals surface area contributed by atoms with E-state index >= 15 is 0 Å². The molecule has 3 rings (SSSR count). The van der Waals surface area contributed by atoms with Gasteiger partial charge in [-0.25, -0.2) is 0 Å². The lowest BCUT2D eigenvalue weighted by Crippen LogP contribution is -2.52. The molecular weight excluding hydrogens is 214 g/mol. The monoisotopic (exact) mass is 237 g/mol. The first-order valence-corrected chi connectivity index (χ1v) is 7.08. The molecule has 1 atom stereocenters. The molecule has 0 spiro atoms. The molecule has 0 aromatic carbocycles. The molecule has 0 unspecified atom stereocenters. The Hall–Kier alpha value is -0.610. The molecule has 96 valence electrons. The Morgan fingerprint density at radius 3 is 2.41 bits per heavy atom. The van der Waals surface area contributed by atoms with E-state index in [0.29, 0.717) is 5.91 Å². The minimum Gasteiger partial charge on any atom is -0.340 e. The summed E-state index contributed by atoms with van der Waals surface area (Å²) in [4.78, 5) is 17.0. The lowest BCUT2D eigenvalue weighted by Gasteiger charge is -2.37. The number of carbonyl (C=O) groups excluding carboxylic acids is 1. The molecule has 2 aliphatic heterocycles. The van der Waals surface area contributed by atoms with Gasteiger partial charge in [0.1, 0.15) is 0 Å². The first-order chi connectivity index (χ1) is 8.34. The third kappa shape index (κ3) is 2.63. The molecule has 1 N–H and O–H groups in total. The Labute approximate surface area is 103 Å². The van der Waals surface area contributed by atoms with Crippen molar-refractivity contribution in [1.82, 2.24) is 15.1 Å². The van der Waals surface area contributed by atoms with Crippen molar-refractivity contribution >= 4 is 5.91 Å². The molecule has 0 aromatic rings. The smallest absolute Gasteiger partial charge is 0.227 e. The van der Waals surface area contributed by atoms with Gasteiger partial charge in [-0.1, -0.05) is 0 Å². The summed E-state index contributed by atoms with van der Waals surface area (Å²) >= 11 is 0. The standard InChI is InChI=1S/C13H23N3O/c17-13(11-2-1-5-14-10-11)16-8-6-15(7-9-16)12-3-4-12/h11-12,14H,1-10H2/t11-/m0/s1. The van der Waals surface area contributed by atoms with E-state index in [1.54, 1.807) is 0 Å². The second-order valence-corrected chi connectivity index (χ2v) is 5.64. The molecule has 1 aliphatic carbocycles. The first kappa shape index (κ1) is 11.5. The number of hydrogen-bond acceptors (Lipinski definition) is 3. The highest BCUT2D eigenvalue weighted by Gasteiger charge is 2.33. The fraction of sp³-hybridized carbons (Fsp3) is 0.923. The predicted molar refractivity (Wildman–Crippen MR) is 66.8 cm³/mol.